The molecule has 0 atom stereocenters. The zero-order valence-corrected chi connectivity index (χ0v) is 21.4. The summed E-state index contributed by atoms with van der Waals surface area (Å²) in [6, 6.07) is 7.03. The molecule has 5 heterocycles. The summed E-state index contributed by atoms with van der Waals surface area (Å²) in [5.41, 5.74) is 2.67. The van der Waals surface area contributed by atoms with Crippen molar-refractivity contribution in [1.82, 2.24) is 34.3 Å². The lowest BCUT2D eigenvalue weighted by molar-refractivity contribution is 0.132. The Hall–Kier alpha value is -3.50. The van der Waals surface area contributed by atoms with Gasteiger partial charge in [0.2, 0.25) is 5.95 Å². The summed E-state index contributed by atoms with van der Waals surface area (Å²) in [5.74, 6) is 0.610. The fraction of sp³-hybridized carbons (Fsp3) is 0.429. The number of likely N-dealkylation sites (N-methyl/N-ethyl adjacent to an activating group) is 1. The summed E-state index contributed by atoms with van der Waals surface area (Å²) in [5, 5.41) is 3.07. The van der Waals surface area contributed by atoms with E-state index in [0.29, 0.717) is 22.4 Å². The van der Waals surface area contributed by atoms with Crippen LogP contribution in [0.1, 0.15) is 37.6 Å². The molecule has 2 fully saturated rings. The Morgan fingerprint density at radius 2 is 1.74 bits per heavy atom. The number of piperazine rings is 1. The molecule has 4 aromatic rings. The maximum Gasteiger partial charge on any atom is 0.229 e. The summed E-state index contributed by atoms with van der Waals surface area (Å²) in [6.45, 7) is 8.44. The van der Waals surface area contributed by atoms with E-state index >= 15 is 4.39 Å². The first-order valence-electron chi connectivity index (χ1n) is 13.4. The molecule has 1 spiro atoms. The van der Waals surface area contributed by atoms with Gasteiger partial charge in [0.05, 0.1) is 11.7 Å². The number of aryl methyl sites for hydroxylation is 1. The van der Waals surface area contributed by atoms with Gasteiger partial charge >= 0.3 is 0 Å². The van der Waals surface area contributed by atoms with Crippen molar-refractivity contribution in [3.05, 3.63) is 59.7 Å². The number of aromatic nitrogens is 5. The second-order valence-corrected chi connectivity index (χ2v) is 10.7. The van der Waals surface area contributed by atoms with Crippen molar-refractivity contribution in [3.8, 4) is 11.3 Å². The van der Waals surface area contributed by atoms with E-state index in [1.807, 2.05) is 24.4 Å². The van der Waals surface area contributed by atoms with Crippen LogP contribution in [0, 0.1) is 11.6 Å². The van der Waals surface area contributed by atoms with Gasteiger partial charge in [0.15, 0.2) is 11.6 Å². The molecule has 0 amide bonds. The van der Waals surface area contributed by atoms with E-state index in [2.05, 4.69) is 46.5 Å². The summed E-state index contributed by atoms with van der Waals surface area (Å²) >= 11 is 0. The number of fused-ring (bicyclic) bond motifs is 4. The number of halogens is 2. The van der Waals surface area contributed by atoms with Crippen molar-refractivity contribution in [3.63, 3.8) is 0 Å². The van der Waals surface area contributed by atoms with Crippen LogP contribution in [0.4, 0.5) is 20.5 Å². The number of anilines is 2. The highest BCUT2D eigenvalue weighted by Gasteiger charge is 2.50. The van der Waals surface area contributed by atoms with Crippen LogP contribution in [-0.2, 0) is 18.5 Å². The van der Waals surface area contributed by atoms with Crippen LogP contribution < -0.4 is 5.32 Å². The zero-order chi connectivity index (χ0) is 25.9. The number of hydrogen-bond acceptors (Lipinski definition) is 7. The van der Waals surface area contributed by atoms with Crippen LogP contribution >= 0.6 is 0 Å². The Balaban J connectivity index is 1.11. The first kappa shape index (κ1) is 23.6. The van der Waals surface area contributed by atoms with Gasteiger partial charge in [-0.1, -0.05) is 13.0 Å². The van der Waals surface area contributed by atoms with Gasteiger partial charge in [-0.15, -0.1) is 0 Å². The third-order valence-corrected chi connectivity index (χ3v) is 8.30. The van der Waals surface area contributed by atoms with Crippen LogP contribution in [0.25, 0.3) is 22.3 Å². The lowest BCUT2D eigenvalue weighted by Gasteiger charge is -2.33. The normalized spacial score (nSPS) is 18.8. The number of nitrogens with zero attached hydrogens (tertiary/aromatic N) is 7. The lowest BCUT2D eigenvalue weighted by atomic mass is 10.1. The SMILES string of the molecule is CCN1CCN(Cc2ccc(Nc3ncc(F)c(-c4cc(F)c5nc6n(c5c4)C4(CC6)CC4)n3)nc2)CC1. The van der Waals surface area contributed by atoms with Crippen LogP contribution in [0.2, 0.25) is 0 Å². The third kappa shape index (κ3) is 4.12. The highest BCUT2D eigenvalue weighted by Crippen LogP contribution is 2.53. The van der Waals surface area contributed by atoms with E-state index < -0.39 is 11.6 Å². The van der Waals surface area contributed by atoms with Crippen LogP contribution in [0.15, 0.2) is 36.7 Å². The minimum atomic E-state index is -0.608. The maximum atomic E-state index is 15.1. The molecule has 0 bridgehead atoms. The molecule has 38 heavy (non-hydrogen) atoms. The smallest absolute Gasteiger partial charge is 0.229 e. The third-order valence-electron chi connectivity index (χ3n) is 8.30. The van der Waals surface area contributed by atoms with Gasteiger partial charge in [-0.2, -0.15) is 0 Å². The molecule has 1 aliphatic carbocycles. The van der Waals surface area contributed by atoms with E-state index in [1.54, 1.807) is 0 Å². The summed E-state index contributed by atoms with van der Waals surface area (Å²) in [7, 11) is 0. The minimum absolute atomic E-state index is 0.0459. The Labute approximate surface area is 219 Å². The van der Waals surface area contributed by atoms with Crippen molar-refractivity contribution in [2.45, 2.75) is 44.7 Å². The van der Waals surface area contributed by atoms with Crippen molar-refractivity contribution < 1.29 is 8.78 Å². The van der Waals surface area contributed by atoms with Crippen molar-refractivity contribution in [2.75, 3.05) is 38.0 Å². The first-order chi connectivity index (χ1) is 18.5. The number of pyridine rings is 1. The molecule has 3 aliphatic rings. The molecule has 7 rings (SSSR count). The van der Waals surface area contributed by atoms with E-state index in [9.17, 15) is 4.39 Å². The highest BCUT2D eigenvalue weighted by molar-refractivity contribution is 5.83. The van der Waals surface area contributed by atoms with Crippen molar-refractivity contribution >= 4 is 22.8 Å². The molecular weight excluding hydrogens is 486 g/mol. The van der Waals surface area contributed by atoms with E-state index in [-0.39, 0.29) is 17.2 Å². The van der Waals surface area contributed by atoms with Crippen LogP contribution in [0.5, 0.6) is 0 Å². The number of imidazole rings is 1. The quantitative estimate of drug-likeness (QED) is 0.405. The lowest BCUT2D eigenvalue weighted by Crippen LogP contribution is -2.45. The largest absolute Gasteiger partial charge is 0.322 e. The average Bonchev–Trinajstić information content (AvgIpc) is 3.49. The predicted octanol–water partition coefficient (Wildman–Crippen LogP) is 4.48. The summed E-state index contributed by atoms with van der Waals surface area (Å²) < 4.78 is 32.2. The van der Waals surface area contributed by atoms with Crippen molar-refractivity contribution in [2.24, 2.45) is 0 Å². The molecule has 8 nitrogen and oxygen atoms in total. The van der Waals surface area contributed by atoms with Crippen LogP contribution in [0.3, 0.4) is 0 Å². The number of rotatable bonds is 6. The Morgan fingerprint density at radius 1 is 0.921 bits per heavy atom. The fourth-order valence-corrected chi connectivity index (χ4v) is 5.95. The maximum absolute atomic E-state index is 15.1. The van der Waals surface area contributed by atoms with Gasteiger partial charge in [0.25, 0.3) is 0 Å². The second-order valence-electron chi connectivity index (χ2n) is 10.7. The Kier molecular flexibility index (Phi) is 5.63. The van der Waals surface area contributed by atoms with E-state index in [0.717, 1.165) is 82.5 Å². The minimum Gasteiger partial charge on any atom is -0.322 e. The molecule has 2 aliphatic heterocycles. The van der Waals surface area contributed by atoms with Crippen LogP contribution in [-0.4, -0.2) is 67.0 Å². The Bertz CT molecular complexity index is 1500. The first-order valence-corrected chi connectivity index (χ1v) is 13.4. The molecule has 3 aromatic heterocycles. The van der Waals surface area contributed by atoms with Gasteiger partial charge < -0.3 is 14.8 Å². The topological polar surface area (TPSA) is 75.0 Å². The molecule has 1 saturated carbocycles. The molecule has 0 radical (unpaired) electrons. The van der Waals surface area contributed by atoms with Gasteiger partial charge in [-0.25, -0.2) is 28.7 Å². The number of nitrogens with one attached hydrogen (secondary N) is 1. The monoisotopic (exact) mass is 516 g/mol. The standard InChI is InChI=1S/C28H30F2N8/c1-2-36-9-11-37(12-10-36)17-18-3-4-23(31-15-18)33-27-32-16-21(30)25(35-27)19-13-20(29)26-22(14-19)38-24(34-26)5-6-28(38)7-8-28/h3-4,13-16H,2,5-12,17H2,1H3,(H,31,32,33,35). The Morgan fingerprint density at radius 3 is 2.47 bits per heavy atom. The second kappa shape index (κ2) is 9.06. The predicted molar refractivity (Wildman–Crippen MR) is 141 cm³/mol. The van der Waals surface area contributed by atoms with Gasteiger partial charge in [0.1, 0.15) is 22.9 Å². The summed E-state index contributed by atoms with van der Waals surface area (Å²) in [6.07, 6.45) is 6.99. The molecule has 1 N–H and O–H groups in total. The summed E-state index contributed by atoms with van der Waals surface area (Å²) in [4.78, 5) is 22.4. The number of benzene rings is 1. The molecule has 10 heteroatoms. The highest BCUT2D eigenvalue weighted by atomic mass is 19.1. The van der Waals surface area contributed by atoms with Crippen molar-refractivity contribution in [1.29, 1.82) is 0 Å². The molecule has 1 aromatic carbocycles. The average molecular weight is 517 g/mol. The van der Waals surface area contributed by atoms with Gasteiger partial charge in [0, 0.05) is 56.4 Å². The molecule has 0 unspecified atom stereocenters. The zero-order valence-electron chi connectivity index (χ0n) is 21.4. The van der Waals surface area contributed by atoms with Gasteiger partial charge in [-0.3, -0.25) is 4.90 Å². The van der Waals surface area contributed by atoms with E-state index in [1.165, 1.54) is 6.07 Å². The molecule has 1 saturated heterocycles. The van der Waals surface area contributed by atoms with Gasteiger partial charge in [-0.05, 0) is 49.6 Å². The fourth-order valence-electron chi connectivity index (χ4n) is 5.95. The molecular formula is C28H30F2N8. The number of hydrogen-bond donors (Lipinski definition) is 1. The molecule has 196 valence electrons. The van der Waals surface area contributed by atoms with E-state index in [4.69, 9.17) is 0 Å².